The molecule has 104 valence electrons. The van der Waals surface area contributed by atoms with E-state index in [2.05, 4.69) is 29.6 Å². The summed E-state index contributed by atoms with van der Waals surface area (Å²) < 4.78 is 0. The van der Waals surface area contributed by atoms with E-state index in [1.807, 2.05) is 18.0 Å². The van der Waals surface area contributed by atoms with Crippen molar-refractivity contribution in [1.82, 2.24) is 10.2 Å². The zero-order valence-corrected chi connectivity index (χ0v) is 11.8. The molecule has 1 aliphatic rings. The van der Waals surface area contributed by atoms with Gasteiger partial charge in [0.05, 0.1) is 5.92 Å². The number of hydrogen-bond donors (Lipinski definition) is 1. The minimum atomic E-state index is 0.208. The Morgan fingerprint density at radius 2 is 2.11 bits per heavy atom. The number of unbranched alkanes of at least 4 members (excludes halogenated alkanes) is 1. The molecule has 1 fully saturated rings. The fraction of sp³-hybridized carbons (Fsp3) is 0.562. The lowest BCUT2D eigenvalue weighted by Crippen LogP contribution is -2.34. The predicted octanol–water partition coefficient (Wildman–Crippen LogP) is 2.08. The number of aryl methyl sites for hydroxylation is 1. The van der Waals surface area contributed by atoms with Gasteiger partial charge in [-0.15, -0.1) is 0 Å². The second-order valence-electron chi connectivity index (χ2n) is 5.39. The van der Waals surface area contributed by atoms with Crippen LogP contribution in [-0.4, -0.2) is 37.5 Å². The van der Waals surface area contributed by atoms with E-state index in [4.69, 9.17) is 0 Å². The summed E-state index contributed by atoms with van der Waals surface area (Å²) in [6, 6.07) is 10.5. The Hall–Kier alpha value is -1.35. The highest BCUT2D eigenvalue weighted by molar-refractivity contribution is 5.79. The standard InChI is InChI=1S/C16H24N2O/c1-18(16(19)15-10-11-17-13-15)12-6-5-9-14-7-3-2-4-8-14/h2-4,7-8,15,17H,5-6,9-13H2,1H3. The van der Waals surface area contributed by atoms with Gasteiger partial charge in [-0.3, -0.25) is 4.79 Å². The Morgan fingerprint density at radius 3 is 2.79 bits per heavy atom. The van der Waals surface area contributed by atoms with Crippen molar-refractivity contribution in [1.29, 1.82) is 0 Å². The fourth-order valence-electron chi connectivity index (χ4n) is 2.61. The molecule has 19 heavy (non-hydrogen) atoms. The van der Waals surface area contributed by atoms with Gasteiger partial charge in [0.2, 0.25) is 5.91 Å². The Kier molecular flexibility index (Phi) is 5.40. The van der Waals surface area contributed by atoms with E-state index in [0.29, 0.717) is 5.91 Å². The van der Waals surface area contributed by atoms with E-state index in [1.165, 1.54) is 5.56 Å². The lowest BCUT2D eigenvalue weighted by molar-refractivity contribution is -0.133. The second-order valence-corrected chi connectivity index (χ2v) is 5.39. The van der Waals surface area contributed by atoms with Crippen molar-refractivity contribution in [2.75, 3.05) is 26.7 Å². The summed E-state index contributed by atoms with van der Waals surface area (Å²) >= 11 is 0. The van der Waals surface area contributed by atoms with E-state index in [0.717, 1.165) is 45.3 Å². The Morgan fingerprint density at radius 1 is 1.32 bits per heavy atom. The van der Waals surface area contributed by atoms with Gasteiger partial charge in [-0.05, 0) is 37.8 Å². The minimum absolute atomic E-state index is 0.208. The molecular weight excluding hydrogens is 236 g/mol. The van der Waals surface area contributed by atoms with Crippen molar-refractivity contribution in [3.05, 3.63) is 35.9 Å². The van der Waals surface area contributed by atoms with Crippen LogP contribution in [0.5, 0.6) is 0 Å². The summed E-state index contributed by atoms with van der Waals surface area (Å²) in [5.41, 5.74) is 1.39. The highest BCUT2D eigenvalue weighted by atomic mass is 16.2. The Balaban J connectivity index is 1.63. The normalized spacial score (nSPS) is 18.5. The van der Waals surface area contributed by atoms with Crippen molar-refractivity contribution in [3.63, 3.8) is 0 Å². The molecule has 3 nitrogen and oxygen atoms in total. The molecule has 0 aliphatic carbocycles. The largest absolute Gasteiger partial charge is 0.345 e. The molecule has 1 saturated heterocycles. The van der Waals surface area contributed by atoms with Gasteiger partial charge in [-0.1, -0.05) is 30.3 Å². The summed E-state index contributed by atoms with van der Waals surface area (Å²) in [6.07, 6.45) is 4.32. The first kappa shape index (κ1) is 14.1. The van der Waals surface area contributed by atoms with Gasteiger partial charge in [-0.2, -0.15) is 0 Å². The summed E-state index contributed by atoms with van der Waals surface area (Å²) in [5.74, 6) is 0.517. The molecule has 0 bridgehead atoms. The Bertz CT molecular complexity index is 385. The SMILES string of the molecule is CN(CCCCc1ccccc1)C(=O)C1CCNC1. The number of nitrogens with zero attached hydrogens (tertiary/aromatic N) is 1. The van der Waals surface area contributed by atoms with Crippen molar-refractivity contribution in [3.8, 4) is 0 Å². The summed E-state index contributed by atoms with van der Waals surface area (Å²) in [4.78, 5) is 14.0. The first-order valence-electron chi connectivity index (χ1n) is 7.27. The van der Waals surface area contributed by atoms with Gasteiger partial charge in [0, 0.05) is 20.1 Å². The highest BCUT2D eigenvalue weighted by Crippen LogP contribution is 2.11. The number of amides is 1. The van der Waals surface area contributed by atoms with Gasteiger partial charge >= 0.3 is 0 Å². The van der Waals surface area contributed by atoms with Gasteiger partial charge < -0.3 is 10.2 Å². The Labute approximate surface area is 116 Å². The predicted molar refractivity (Wildman–Crippen MR) is 78.0 cm³/mol. The van der Waals surface area contributed by atoms with Crippen LogP contribution in [-0.2, 0) is 11.2 Å². The number of carbonyl (C=O) groups excluding carboxylic acids is 1. The maximum atomic E-state index is 12.1. The maximum absolute atomic E-state index is 12.1. The average Bonchev–Trinajstić information content (AvgIpc) is 2.98. The zero-order chi connectivity index (χ0) is 13.5. The van der Waals surface area contributed by atoms with Crippen molar-refractivity contribution in [2.45, 2.75) is 25.7 Å². The molecule has 1 N–H and O–H groups in total. The molecule has 1 aromatic carbocycles. The van der Waals surface area contributed by atoms with Crippen LogP contribution in [0.15, 0.2) is 30.3 Å². The molecule has 1 atom stereocenters. The monoisotopic (exact) mass is 260 g/mol. The summed E-state index contributed by atoms with van der Waals surface area (Å²) in [5, 5.41) is 3.25. The van der Waals surface area contributed by atoms with Crippen LogP contribution in [0, 0.1) is 5.92 Å². The first-order valence-corrected chi connectivity index (χ1v) is 7.27. The van der Waals surface area contributed by atoms with Crippen LogP contribution < -0.4 is 5.32 Å². The van der Waals surface area contributed by atoms with Crippen LogP contribution in [0.25, 0.3) is 0 Å². The van der Waals surface area contributed by atoms with Crippen molar-refractivity contribution in [2.24, 2.45) is 5.92 Å². The number of benzene rings is 1. The molecule has 0 aromatic heterocycles. The van der Waals surface area contributed by atoms with Crippen LogP contribution in [0.3, 0.4) is 0 Å². The molecular formula is C16H24N2O. The third-order valence-corrected chi connectivity index (χ3v) is 3.84. The molecule has 0 spiro atoms. The van der Waals surface area contributed by atoms with Gasteiger partial charge in [-0.25, -0.2) is 0 Å². The molecule has 1 amide bonds. The molecule has 2 rings (SSSR count). The highest BCUT2D eigenvalue weighted by Gasteiger charge is 2.24. The first-order chi connectivity index (χ1) is 9.27. The van der Waals surface area contributed by atoms with E-state index >= 15 is 0 Å². The smallest absolute Gasteiger partial charge is 0.226 e. The van der Waals surface area contributed by atoms with E-state index in [-0.39, 0.29) is 5.92 Å². The molecule has 1 aliphatic heterocycles. The van der Waals surface area contributed by atoms with E-state index in [9.17, 15) is 4.79 Å². The fourth-order valence-corrected chi connectivity index (χ4v) is 2.61. The van der Waals surface area contributed by atoms with Gasteiger partial charge in [0.1, 0.15) is 0 Å². The summed E-state index contributed by atoms with van der Waals surface area (Å²) in [6.45, 7) is 2.72. The second kappa shape index (κ2) is 7.29. The van der Waals surface area contributed by atoms with Gasteiger partial charge in [0.25, 0.3) is 0 Å². The van der Waals surface area contributed by atoms with Gasteiger partial charge in [0.15, 0.2) is 0 Å². The molecule has 1 aromatic rings. The molecule has 0 radical (unpaired) electrons. The number of rotatable bonds is 6. The minimum Gasteiger partial charge on any atom is -0.345 e. The van der Waals surface area contributed by atoms with Crippen LogP contribution in [0.4, 0.5) is 0 Å². The van der Waals surface area contributed by atoms with Crippen LogP contribution >= 0.6 is 0 Å². The molecule has 0 saturated carbocycles. The lowest BCUT2D eigenvalue weighted by Gasteiger charge is -2.20. The number of nitrogens with one attached hydrogen (secondary N) is 1. The van der Waals surface area contributed by atoms with Crippen LogP contribution in [0.1, 0.15) is 24.8 Å². The number of hydrogen-bond acceptors (Lipinski definition) is 2. The van der Waals surface area contributed by atoms with Crippen molar-refractivity contribution >= 4 is 5.91 Å². The molecule has 1 heterocycles. The zero-order valence-electron chi connectivity index (χ0n) is 11.8. The number of carbonyl (C=O) groups is 1. The maximum Gasteiger partial charge on any atom is 0.226 e. The third kappa shape index (κ3) is 4.35. The van der Waals surface area contributed by atoms with E-state index < -0.39 is 0 Å². The van der Waals surface area contributed by atoms with Crippen LogP contribution in [0.2, 0.25) is 0 Å². The lowest BCUT2D eigenvalue weighted by atomic mass is 10.1. The average molecular weight is 260 g/mol. The van der Waals surface area contributed by atoms with E-state index in [1.54, 1.807) is 0 Å². The van der Waals surface area contributed by atoms with Crippen molar-refractivity contribution < 1.29 is 4.79 Å². The third-order valence-electron chi connectivity index (χ3n) is 3.84. The molecule has 3 heteroatoms. The topological polar surface area (TPSA) is 32.3 Å². The quantitative estimate of drug-likeness (QED) is 0.794. The molecule has 1 unspecified atom stereocenters. The summed E-state index contributed by atoms with van der Waals surface area (Å²) in [7, 11) is 1.93.